The fourth-order valence-corrected chi connectivity index (χ4v) is 1.17. The first kappa shape index (κ1) is 15.0. The van der Waals surface area contributed by atoms with Crippen LogP contribution in [-0.2, 0) is 4.79 Å². The summed E-state index contributed by atoms with van der Waals surface area (Å²) in [6.45, 7) is 2.70. The van der Waals surface area contributed by atoms with Gasteiger partial charge in [0.2, 0.25) is 0 Å². The summed E-state index contributed by atoms with van der Waals surface area (Å²) in [5, 5.41) is 5.73. The number of amidine groups is 1. The van der Waals surface area contributed by atoms with Crippen molar-refractivity contribution in [2.45, 2.75) is 0 Å². The average Bonchev–Trinajstić information content (AvgIpc) is 2.20. The first-order chi connectivity index (χ1) is 7.43. The summed E-state index contributed by atoms with van der Waals surface area (Å²) < 4.78 is 0.413. The van der Waals surface area contributed by atoms with Gasteiger partial charge in [0.1, 0.15) is 0 Å². The summed E-state index contributed by atoms with van der Waals surface area (Å²) in [7, 11) is 7.37. The molecule has 0 aliphatic carbocycles. The molecule has 0 saturated carbocycles. The number of rotatable bonds is 5. The molecule has 0 unspecified atom stereocenters. The predicted molar refractivity (Wildman–Crippen MR) is 66.3 cm³/mol. The Morgan fingerprint density at radius 1 is 1.31 bits per heavy atom. The summed E-state index contributed by atoms with van der Waals surface area (Å²) >= 11 is 0. The van der Waals surface area contributed by atoms with Crippen molar-refractivity contribution in [1.82, 2.24) is 10.6 Å². The highest BCUT2D eigenvalue weighted by Gasteiger charge is 2.25. The number of carbonyl (C=O) groups excluding carboxylic acids is 1. The van der Waals surface area contributed by atoms with Crippen molar-refractivity contribution in [2.24, 2.45) is 10.7 Å². The minimum Gasteiger partial charge on any atom is -0.349 e. The lowest BCUT2D eigenvalue weighted by atomic mass is 10.4. The van der Waals surface area contributed by atoms with Crippen LogP contribution in [0.3, 0.4) is 0 Å². The normalized spacial score (nSPS) is 12.7. The van der Waals surface area contributed by atoms with Crippen LogP contribution < -0.4 is 16.4 Å². The van der Waals surface area contributed by atoms with Gasteiger partial charge in [0, 0.05) is 26.7 Å². The van der Waals surface area contributed by atoms with Crippen LogP contribution in [0.5, 0.6) is 0 Å². The van der Waals surface area contributed by atoms with Crippen molar-refractivity contribution in [2.75, 3.05) is 54.4 Å². The molecule has 0 rings (SSSR count). The maximum Gasteiger partial charge on any atom is 0.325 e. The fourth-order valence-electron chi connectivity index (χ4n) is 1.17. The molecule has 0 atom stereocenters. The number of quaternary nitrogens is 1. The molecule has 16 heavy (non-hydrogen) atoms. The van der Waals surface area contributed by atoms with Crippen LogP contribution in [0, 0.1) is 0 Å². The van der Waals surface area contributed by atoms with Crippen LogP contribution in [0.4, 0.5) is 0 Å². The van der Waals surface area contributed by atoms with E-state index in [1.807, 2.05) is 21.1 Å². The SMILES string of the molecule is CNC(=O)C(=NCCNCCN)[N+](C)(C)C. The zero-order valence-electron chi connectivity index (χ0n) is 10.7. The monoisotopic (exact) mass is 230 g/mol. The van der Waals surface area contributed by atoms with E-state index in [2.05, 4.69) is 15.6 Å². The third kappa shape index (κ3) is 5.79. The van der Waals surface area contributed by atoms with Crippen LogP contribution in [0.25, 0.3) is 0 Å². The lowest BCUT2D eigenvalue weighted by Gasteiger charge is -2.23. The number of aliphatic imine (C=N–C) groups is 1. The summed E-state index contributed by atoms with van der Waals surface area (Å²) in [4.78, 5) is 15.9. The van der Waals surface area contributed by atoms with Crippen LogP contribution in [0.15, 0.2) is 4.99 Å². The predicted octanol–water partition coefficient (Wildman–Crippen LogP) is -1.61. The van der Waals surface area contributed by atoms with Gasteiger partial charge in [-0.15, -0.1) is 0 Å². The number of nitrogens with two attached hydrogens (primary N) is 1. The molecule has 0 aliphatic rings. The highest BCUT2D eigenvalue weighted by Crippen LogP contribution is 1.95. The van der Waals surface area contributed by atoms with Crippen molar-refractivity contribution >= 4 is 11.7 Å². The molecule has 0 spiro atoms. The maximum absolute atomic E-state index is 11.6. The van der Waals surface area contributed by atoms with E-state index in [0.29, 0.717) is 23.4 Å². The average molecular weight is 230 g/mol. The zero-order chi connectivity index (χ0) is 12.6. The fraction of sp³-hybridized carbons (Fsp3) is 0.800. The second-order valence-corrected chi connectivity index (χ2v) is 4.34. The zero-order valence-corrected chi connectivity index (χ0v) is 10.7. The standard InChI is InChI=1S/C10H23N5O/c1-12-10(16)9(15(2,3)4)14-8-7-13-6-5-11/h13H,5-8,11H2,1-4H3/p+1. The Bertz CT molecular complexity index is 244. The lowest BCUT2D eigenvalue weighted by Crippen LogP contribution is -2.49. The van der Waals surface area contributed by atoms with Gasteiger partial charge in [-0.3, -0.25) is 9.28 Å². The van der Waals surface area contributed by atoms with E-state index in [0.717, 1.165) is 13.1 Å². The first-order valence-corrected chi connectivity index (χ1v) is 5.42. The van der Waals surface area contributed by atoms with Gasteiger partial charge in [0.25, 0.3) is 5.84 Å². The molecule has 4 N–H and O–H groups in total. The van der Waals surface area contributed by atoms with Gasteiger partial charge in [-0.2, -0.15) is 0 Å². The molecule has 6 nitrogen and oxygen atoms in total. The topological polar surface area (TPSA) is 79.5 Å². The van der Waals surface area contributed by atoms with Gasteiger partial charge >= 0.3 is 5.91 Å². The molecule has 1 amide bonds. The van der Waals surface area contributed by atoms with Gasteiger partial charge in [-0.05, 0) is 0 Å². The molecule has 0 aromatic carbocycles. The summed E-state index contributed by atoms with van der Waals surface area (Å²) in [6.07, 6.45) is 0. The van der Waals surface area contributed by atoms with E-state index in [1.54, 1.807) is 7.05 Å². The quantitative estimate of drug-likeness (QED) is 0.230. The highest BCUT2D eigenvalue weighted by molar-refractivity contribution is 6.34. The van der Waals surface area contributed by atoms with Gasteiger partial charge in [-0.25, -0.2) is 4.99 Å². The Balaban J connectivity index is 4.30. The molecule has 6 heteroatoms. The molecule has 0 aromatic rings. The molecular formula is C10H24N5O+. The van der Waals surface area contributed by atoms with Crippen LogP contribution >= 0.6 is 0 Å². The number of likely N-dealkylation sites (N-methyl/N-ethyl adjacent to an activating group) is 2. The minimum atomic E-state index is -0.133. The Kier molecular flexibility index (Phi) is 6.87. The van der Waals surface area contributed by atoms with E-state index >= 15 is 0 Å². The number of amides is 1. The molecule has 0 radical (unpaired) electrons. The second-order valence-electron chi connectivity index (χ2n) is 4.34. The van der Waals surface area contributed by atoms with E-state index in [4.69, 9.17) is 5.73 Å². The number of hydrogen-bond donors (Lipinski definition) is 3. The van der Waals surface area contributed by atoms with Crippen molar-refractivity contribution < 1.29 is 9.28 Å². The highest BCUT2D eigenvalue weighted by atomic mass is 16.2. The van der Waals surface area contributed by atoms with E-state index in [-0.39, 0.29) is 5.91 Å². The third-order valence-electron chi connectivity index (χ3n) is 1.94. The smallest absolute Gasteiger partial charge is 0.325 e. The van der Waals surface area contributed by atoms with Crippen molar-refractivity contribution in [3.05, 3.63) is 0 Å². The van der Waals surface area contributed by atoms with Crippen LogP contribution in [0.2, 0.25) is 0 Å². The number of nitrogens with zero attached hydrogens (tertiary/aromatic N) is 2. The molecule has 0 bridgehead atoms. The van der Waals surface area contributed by atoms with Gasteiger partial charge in [-0.1, -0.05) is 0 Å². The number of nitrogens with one attached hydrogen (secondary N) is 2. The largest absolute Gasteiger partial charge is 0.349 e. The van der Waals surface area contributed by atoms with E-state index < -0.39 is 0 Å². The summed E-state index contributed by atoms with van der Waals surface area (Å²) in [5.74, 6) is 0.392. The van der Waals surface area contributed by atoms with Gasteiger partial charge in [0.15, 0.2) is 0 Å². The number of hydrogen-bond acceptors (Lipinski definition) is 4. The summed E-state index contributed by atoms with van der Waals surface area (Å²) in [6, 6.07) is 0. The van der Waals surface area contributed by atoms with Crippen molar-refractivity contribution in [1.29, 1.82) is 0 Å². The molecular weight excluding hydrogens is 206 g/mol. The molecule has 0 heterocycles. The molecule has 94 valence electrons. The molecule has 0 saturated heterocycles. The van der Waals surface area contributed by atoms with Crippen molar-refractivity contribution in [3.8, 4) is 0 Å². The third-order valence-corrected chi connectivity index (χ3v) is 1.94. The summed E-state index contributed by atoms with van der Waals surface area (Å²) in [5.41, 5.74) is 5.34. The Labute approximate surface area is 97.5 Å². The minimum absolute atomic E-state index is 0.133. The van der Waals surface area contributed by atoms with E-state index in [1.165, 1.54) is 0 Å². The van der Waals surface area contributed by atoms with Crippen LogP contribution in [-0.4, -0.2) is 70.6 Å². The van der Waals surface area contributed by atoms with Crippen LogP contribution in [0.1, 0.15) is 0 Å². The second kappa shape index (κ2) is 7.32. The first-order valence-electron chi connectivity index (χ1n) is 5.42. The van der Waals surface area contributed by atoms with Gasteiger partial charge in [0.05, 0.1) is 27.7 Å². The molecule has 0 aliphatic heterocycles. The van der Waals surface area contributed by atoms with E-state index in [9.17, 15) is 4.79 Å². The van der Waals surface area contributed by atoms with Gasteiger partial charge < -0.3 is 16.4 Å². The number of carbonyl (C=O) groups is 1. The van der Waals surface area contributed by atoms with Crippen molar-refractivity contribution in [3.63, 3.8) is 0 Å². The lowest BCUT2D eigenvalue weighted by molar-refractivity contribution is -0.774. The Hall–Kier alpha value is -0.980. The Morgan fingerprint density at radius 2 is 1.94 bits per heavy atom. The maximum atomic E-state index is 11.6. The molecule has 0 aromatic heterocycles. The molecule has 0 fully saturated rings. The Morgan fingerprint density at radius 3 is 2.38 bits per heavy atom.